The van der Waals surface area contributed by atoms with E-state index in [4.69, 9.17) is 0 Å². The van der Waals surface area contributed by atoms with Crippen molar-refractivity contribution in [2.75, 3.05) is 25.0 Å². The molecule has 2 rings (SSSR count). The minimum atomic E-state index is 0.0619. The van der Waals surface area contributed by atoms with Gasteiger partial charge in [0.05, 0.1) is 19.1 Å². The van der Waals surface area contributed by atoms with Crippen molar-refractivity contribution >= 4 is 11.7 Å². The van der Waals surface area contributed by atoms with Gasteiger partial charge in [-0.15, -0.1) is 0 Å². The molecule has 4 heteroatoms. The molecule has 1 aromatic rings. The fourth-order valence-corrected chi connectivity index (χ4v) is 3.72. The van der Waals surface area contributed by atoms with E-state index in [1.54, 1.807) is 4.90 Å². The number of likely N-dealkylation sites (tertiary alicyclic amines) is 1. The van der Waals surface area contributed by atoms with Crippen LogP contribution in [0.4, 0.5) is 10.5 Å². The summed E-state index contributed by atoms with van der Waals surface area (Å²) in [6.45, 7) is 16.4. The van der Waals surface area contributed by atoms with E-state index < -0.39 is 0 Å². The fourth-order valence-electron chi connectivity index (χ4n) is 3.72. The van der Waals surface area contributed by atoms with Gasteiger partial charge in [-0.05, 0) is 63.3 Å². The number of amides is 2. The molecule has 1 fully saturated rings. The van der Waals surface area contributed by atoms with Crippen LogP contribution in [0.1, 0.15) is 58.1 Å². The number of carbonyl (C=O) groups is 1. The third kappa shape index (κ3) is 5.73. The van der Waals surface area contributed by atoms with E-state index in [1.165, 1.54) is 11.1 Å². The van der Waals surface area contributed by atoms with E-state index in [-0.39, 0.29) is 6.03 Å². The summed E-state index contributed by atoms with van der Waals surface area (Å²) in [5.41, 5.74) is 3.37. The van der Waals surface area contributed by atoms with Gasteiger partial charge in [0.2, 0.25) is 0 Å². The molecule has 1 saturated heterocycles. The fraction of sp³-hybridized carbons (Fsp3) is 0.682. The van der Waals surface area contributed by atoms with Gasteiger partial charge in [0.25, 0.3) is 0 Å². The first-order chi connectivity index (χ1) is 12.3. The molecule has 0 bridgehead atoms. The normalized spacial score (nSPS) is 20.5. The highest BCUT2D eigenvalue weighted by Gasteiger charge is 2.30. The van der Waals surface area contributed by atoms with Crippen molar-refractivity contribution in [2.24, 2.45) is 5.92 Å². The third-order valence-electron chi connectivity index (χ3n) is 5.82. The number of anilines is 1. The summed E-state index contributed by atoms with van der Waals surface area (Å²) in [5.74, 6) is 0.605. The van der Waals surface area contributed by atoms with Crippen LogP contribution in [0.3, 0.4) is 0 Å². The SMILES string of the molecule is Cc1ccc(NC(=O)N(CCC(C)C)C2CC[NH+](C(C)C)CC2)cc1C. The van der Waals surface area contributed by atoms with E-state index in [2.05, 4.69) is 63.9 Å². The number of quaternary nitrogens is 1. The van der Waals surface area contributed by atoms with Gasteiger partial charge in [0, 0.05) is 31.1 Å². The number of aryl methyl sites for hydroxylation is 2. The van der Waals surface area contributed by atoms with Crippen molar-refractivity contribution in [3.8, 4) is 0 Å². The molecule has 0 aromatic heterocycles. The van der Waals surface area contributed by atoms with Crippen molar-refractivity contribution in [2.45, 2.75) is 72.9 Å². The smallest absolute Gasteiger partial charge is 0.322 e. The van der Waals surface area contributed by atoms with Crippen molar-refractivity contribution in [3.05, 3.63) is 29.3 Å². The number of piperidine rings is 1. The minimum absolute atomic E-state index is 0.0619. The van der Waals surface area contributed by atoms with Crippen molar-refractivity contribution in [1.82, 2.24) is 4.90 Å². The maximum atomic E-state index is 13.0. The van der Waals surface area contributed by atoms with E-state index in [9.17, 15) is 4.79 Å². The topological polar surface area (TPSA) is 36.8 Å². The quantitative estimate of drug-likeness (QED) is 0.798. The number of hydrogen-bond acceptors (Lipinski definition) is 1. The van der Waals surface area contributed by atoms with Gasteiger partial charge in [-0.1, -0.05) is 19.9 Å². The van der Waals surface area contributed by atoms with E-state index in [0.29, 0.717) is 18.0 Å². The lowest BCUT2D eigenvalue weighted by Crippen LogP contribution is -3.16. The number of rotatable bonds is 6. The zero-order valence-corrected chi connectivity index (χ0v) is 17.6. The largest absolute Gasteiger partial charge is 0.333 e. The zero-order chi connectivity index (χ0) is 19.3. The highest BCUT2D eigenvalue weighted by molar-refractivity contribution is 5.89. The van der Waals surface area contributed by atoms with Crippen LogP contribution in [0.25, 0.3) is 0 Å². The Labute approximate surface area is 159 Å². The summed E-state index contributed by atoms with van der Waals surface area (Å²) < 4.78 is 0. The van der Waals surface area contributed by atoms with Gasteiger partial charge in [0.15, 0.2) is 0 Å². The van der Waals surface area contributed by atoms with Crippen LogP contribution in [-0.2, 0) is 0 Å². The van der Waals surface area contributed by atoms with Crippen LogP contribution in [0, 0.1) is 19.8 Å². The molecule has 1 aliphatic rings. The molecule has 26 heavy (non-hydrogen) atoms. The average molecular weight is 361 g/mol. The van der Waals surface area contributed by atoms with Gasteiger partial charge in [-0.25, -0.2) is 4.79 Å². The maximum absolute atomic E-state index is 13.0. The predicted octanol–water partition coefficient (Wildman–Crippen LogP) is 3.64. The first kappa shape index (κ1) is 20.8. The third-order valence-corrected chi connectivity index (χ3v) is 5.82. The average Bonchev–Trinajstić information content (AvgIpc) is 2.58. The highest BCUT2D eigenvalue weighted by atomic mass is 16.2. The van der Waals surface area contributed by atoms with Gasteiger partial charge >= 0.3 is 6.03 Å². The molecule has 1 aromatic carbocycles. The number of nitrogens with one attached hydrogen (secondary N) is 2. The molecule has 0 radical (unpaired) electrons. The Hall–Kier alpha value is -1.55. The zero-order valence-electron chi connectivity index (χ0n) is 17.6. The number of carbonyl (C=O) groups excluding carboxylic acids is 1. The molecule has 0 atom stereocenters. The first-order valence-corrected chi connectivity index (χ1v) is 10.3. The Kier molecular flexibility index (Phi) is 7.51. The Morgan fingerprint density at radius 3 is 2.35 bits per heavy atom. The molecular formula is C22H38N3O+. The summed E-state index contributed by atoms with van der Waals surface area (Å²) in [6.07, 6.45) is 3.26. The Balaban J connectivity index is 2.05. The second-order valence-electron chi connectivity index (χ2n) is 8.65. The van der Waals surface area contributed by atoms with Crippen molar-refractivity contribution in [1.29, 1.82) is 0 Å². The lowest BCUT2D eigenvalue weighted by molar-refractivity contribution is -0.926. The highest BCUT2D eigenvalue weighted by Crippen LogP contribution is 2.18. The van der Waals surface area contributed by atoms with Crippen molar-refractivity contribution in [3.63, 3.8) is 0 Å². The van der Waals surface area contributed by atoms with Gasteiger partial charge in [-0.3, -0.25) is 0 Å². The predicted molar refractivity (Wildman–Crippen MR) is 110 cm³/mol. The molecule has 2 amide bonds. The monoisotopic (exact) mass is 360 g/mol. The summed E-state index contributed by atoms with van der Waals surface area (Å²) in [7, 11) is 0. The molecule has 1 heterocycles. The summed E-state index contributed by atoms with van der Waals surface area (Å²) in [6, 6.07) is 7.25. The van der Waals surface area contributed by atoms with Crippen LogP contribution in [-0.4, -0.2) is 42.6 Å². The minimum Gasteiger partial charge on any atom is -0.333 e. The van der Waals surface area contributed by atoms with Gasteiger partial charge in [0.1, 0.15) is 0 Å². The number of nitrogens with zero attached hydrogens (tertiary/aromatic N) is 1. The Bertz CT molecular complexity index is 589. The molecule has 0 spiro atoms. The molecule has 0 unspecified atom stereocenters. The Morgan fingerprint density at radius 2 is 1.81 bits per heavy atom. The van der Waals surface area contributed by atoms with E-state index >= 15 is 0 Å². The number of hydrogen-bond donors (Lipinski definition) is 2. The molecular weight excluding hydrogens is 322 g/mol. The van der Waals surface area contributed by atoms with Crippen LogP contribution in [0.2, 0.25) is 0 Å². The van der Waals surface area contributed by atoms with Gasteiger partial charge in [-0.2, -0.15) is 0 Å². The molecule has 2 N–H and O–H groups in total. The number of benzene rings is 1. The lowest BCUT2D eigenvalue weighted by Gasteiger charge is -2.38. The summed E-state index contributed by atoms with van der Waals surface area (Å²) in [5, 5.41) is 3.15. The van der Waals surface area contributed by atoms with E-state index in [1.807, 2.05) is 6.07 Å². The van der Waals surface area contributed by atoms with E-state index in [0.717, 1.165) is 44.6 Å². The maximum Gasteiger partial charge on any atom is 0.322 e. The van der Waals surface area contributed by atoms with Crippen LogP contribution in [0.5, 0.6) is 0 Å². The van der Waals surface area contributed by atoms with Crippen LogP contribution in [0.15, 0.2) is 18.2 Å². The molecule has 0 aliphatic carbocycles. The second-order valence-corrected chi connectivity index (χ2v) is 8.65. The molecule has 146 valence electrons. The molecule has 0 saturated carbocycles. The van der Waals surface area contributed by atoms with Gasteiger partial charge < -0.3 is 15.1 Å². The first-order valence-electron chi connectivity index (χ1n) is 10.3. The standard InChI is InChI=1S/C22H37N3O/c1-16(2)9-14-25(21-10-12-24(13-11-21)17(3)4)22(26)23-20-8-7-18(5)19(6)15-20/h7-8,15-17,21H,9-14H2,1-6H3,(H,23,26)/p+1. The van der Waals surface area contributed by atoms with Crippen LogP contribution >= 0.6 is 0 Å². The number of urea groups is 1. The Morgan fingerprint density at radius 1 is 1.15 bits per heavy atom. The molecule has 4 nitrogen and oxygen atoms in total. The molecule has 1 aliphatic heterocycles. The lowest BCUT2D eigenvalue weighted by atomic mass is 10.0. The second kappa shape index (κ2) is 9.40. The summed E-state index contributed by atoms with van der Waals surface area (Å²) in [4.78, 5) is 16.8. The summed E-state index contributed by atoms with van der Waals surface area (Å²) >= 11 is 0. The van der Waals surface area contributed by atoms with Crippen molar-refractivity contribution < 1.29 is 9.69 Å². The van der Waals surface area contributed by atoms with Crippen LogP contribution < -0.4 is 10.2 Å².